The minimum Gasteiger partial charge on any atom is -0.298 e. The zero-order valence-corrected chi connectivity index (χ0v) is 11.8. The summed E-state index contributed by atoms with van der Waals surface area (Å²) in [6.07, 6.45) is 1.65. The van der Waals surface area contributed by atoms with Gasteiger partial charge in [-0.15, -0.1) is 0 Å². The molecule has 2 rings (SSSR count). The van der Waals surface area contributed by atoms with Crippen molar-refractivity contribution < 1.29 is 17.6 Å². The number of sulfone groups is 1. The summed E-state index contributed by atoms with van der Waals surface area (Å²) < 4.78 is 36.9. The van der Waals surface area contributed by atoms with Crippen molar-refractivity contribution in [3.05, 3.63) is 34.6 Å². The molecule has 1 heterocycles. The fraction of sp³-hybridized carbons (Fsp3) is 0.462. The Bertz CT molecular complexity index is 598. The first kappa shape index (κ1) is 14.5. The van der Waals surface area contributed by atoms with Gasteiger partial charge >= 0.3 is 0 Å². The van der Waals surface area contributed by atoms with E-state index < -0.39 is 20.9 Å². The van der Waals surface area contributed by atoms with E-state index in [2.05, 4.69) is 0 Å². The highest BCUT2D eigenvalue weighted by atomic mass is 35.5. The Balaban J connectivity index is 2.14. The van der Waals surface area contributed by atoms with Gasteiger partial charge in [-0.25, -0.2) is 12.8 Å². The van der Waals surface area contributed by atoms with Crippen molar-refractivity contribution >= 4 is 27.2 Å². The van der Waals surface area contributed by atoms with Crippen LogP contribution in [0, 0.1) is 5.82 Å². The third-order valence-electron chi connectivity index (χ3n) is 3.30. The van der Waals surface area contributed by atoms with Crippen LogP contribution >= 0.6 is 11.6 Å². The van der Waals surface area contributed by atoms with Crippen LogP contribution in [-0.4, -0.2) is 25.2 Å². The predicted octanol–water partition coefficient (Wildman–Crippen LogP) is 2.56. The summed E-state index contributed by atoms with van der Waals surface area (Å²) in [5.41, 5.74) is 0.452. The molecule has 0 aromatic heterocycles. The molecule has 0 spiro atoms. The number of halogens is 2. The number of Topliss-reactive ketones (excluding diaryl/α,β-unsaturated/α-hetero) is 1. The Morgan fingerprint density at radius 2 is 2.11 bits per heavy atom. The first-order chi connectivity index (χ1) is 8.90. The van der Waals surface area contributed by atoms with Crippen LogP contribution in [-0.2, 0) is 21.1 Å². The van der Waals surface area contributed by atoms with E-state index >= 15 is 0 Å². The summed E-state index contributed by atoms with van der Waals surface area (Å²) in [6.45, 7) is 0. The maximum Gasteiger partial charge on any atom is 0.160 e. The van der Waals surface area contributed by atoms with Crippen molar-refractivity contribution in [3.63, 3.8) is 0 Å². The standard InChI is InChI=1S/C13H14ClFO3S/c14-10-5-4-9(7-11(10)15)8-12(16)13-3-1-2-6-19(13,17)18/h4-5,7,13H,1-3,6,8H2. The zero-order chi connectivity index (χ0) is 14.0. The minimum absolute atomic E-state index is 0.0125. The number of rotatable bonds is 3. The van der Waals surface area contributed by atoms with Gasteiger partial charge in [0.1, 0.15) is 11.1 Å². The van der Waals surface area contributed by atoms with Crippen LogP contribution in [0.2, 0.25) is 5.02 Å². The van der Waals surface area contributed by atoms with Crippen molar-refractivity contribution in [3.8, 4) is 0 Å². The van der Waals surface area contributed by atoms with Gasteiger partial charge in [-0.3, -0.25) is 4.79 Å². The Hall–Kier alpha value is -0.940. The Morgan fingerprint density at radius 1 is 1.37 bits per heavy atom. The average molecular weight is 305 g/mol. The molecule has 19 heavy (non-hydrogen) atoms. The van der Waals surface area contributed by atoms with Gasteiger partial charge < -0.3 is 0 Å². The third-order valence-corrected chi connectivity index (χ3v) is 5.83. The van der Waals surface area contributed by atoms with E-state index in [0.717, 1.165) is 6.42 Å². The van der Waals surface area contributed by atoms with E-state index in [-0.39, 0.29) is 23.0 Å². The van der Waals surface area contributed by atoms with Crippen LogP contribution in [0.15, 0.2) is 18.2 Å². The Morgan fingerprint density at radius 3 is 2.74 bits per heavy atom. The lowest BCUT2D eigenvalue weighted by Crippen LogP contribution is -2.36. The number of benzene rings is 1. The van der Waals surface area contributed by atoms with Gasteiger partial charge in [-0.1, -0.05) is 24.1 Å². The Kier molecular flexibility index (Phi) is 4.26. The second-order valence-electron chi connectivity index (χ2n) is 4.74. The lowest BCUT2D eigenvalue weighted by molar-refractivity contribution is -0.118. The van der Waals surface area contributed by atoms with E-state index in [4.69, 9.17) is 11.6 Å². The molecule has 0 N–H and O–H groups in total. The molecule has 0 amide bonds. The molecule has 1 unspecified atom stereocenters. The summed E-state index contributed by atoms with van der Waals surface area (Å²) in [6, 6.07) is 4.09. The number of carbonyl (C=O) groups excluding carboxylic acids is 1. The lowest BCUT2D eigenvalue weighted by atomic mass is 10.0. The molecule has 0 radical (unpaired) electrons. The summed E-state index contributed by atoms with van der Waals surface area (Å²) in [4.78, 5) is 12.0. The van der Waals surface area contributed by atoms with Crippen LogP contribution in [0.5, 0.6) is 0 Å². The molecule has 1 aliphatic heterocycles. The first-order valence-electron chi connectivity index (χ1n) is 6.08. The molecule has 0 saturated carbocycles. The summed E-state index contributed by atoms with van der Waals surface area (Å²) >= 11 is 5.56. The highest BCUT2D eigenvalue weighted by Crippen LogP contribution is 2.22. The van der Waals surface area contributed by atoms with Gasteiger partial charge in [0.2, 0.25) is 0 Å². The third kappa shape index (κ3) is 3.34. The summed E-state index contributed by atoms with van der Waals surface area (Å²) in [5, 5.41) is -0.943. The molecule has 1 aliphatic rings. The van der Waals surface area contributed by atoms with Gasteiger partial charge in [0.25, 0.3) is 0 Å². The minimum atomic E-state index is -3.33. The van der Waals surface area contributed by atoms with E-state index in [1.54, 1.807) is 6.07 Å². The molecule has 1 fully saturated rings. The van der Waals surface area contributed by atoms with Crippen molar-refractivity contribution in [1.29, 1.82) is 0 Å². The van der Waals surface area contributed by atoms with Crippen molar-refractivity contribution in [1.82, 2.24) is 0 Å². The van der Waals surface area contributed by atoms with Crippen molar-refractivity contribution in [2.75, 3.05) is 5.75 Å². The molecule has 3 nitrogen and oxygen atoms in total. The van der Waals surface area contributed by atoms with E-state index in [0.29, 0.717) is 18.4 Å². The molecule has 1 aromatic rings. The first-order valence-corrected chi connectivity index (χ1v) is 8.18. The van der Waals surface area contributed by atoms with Crippen LogP contribution in [0.1, 0.15) is 24.8 Å². The number of hydrogen-bond acceptors (Lipinski definition) is 3. The van der Waals surface area contributed by atoms with Crippen LogP contribution in [0.3, 0.4) is 0 Å². The SMILES string of the molecule is O=C(Cc1ccc(Cl)c(F)c1)C1CCCCS1(=O)=O. The van der Waals surface area contributed by atoms with Gasteiger partial charge in [0, 0.05) is 6.42 Å². The summed E-state index contributed by atoms with van der Waals surface area (Å²) in [7, 11) is -3.33. The molecule has 0 aliphatic carbocycles. The highest BCUT2D eigenvalue weighted by Gasteiger charge is 2.34. The number of carbonyl (C=O) groups is 1. The normalized spacial score (nSPS) is 22.1. The van der Waals surface area contributed by atoms with Crippen LogP contribution in [0.4, 0.5) is 4.39 Å². The fourth-order valence-corrected chi connectivity index (χ4v) is 4.30. The van der Waals surface area contributed by atoms with E-state index in [1.165, 1.54) is 12.1 Å². The van der Waals surface area contributed by atoms with Gasteiger partial charge in [-0.2, -0.15) is 0 Å². The van der Waals surface area contributed by atoms with E-state index in [9.17, 15) is 17.6 Å². The highest BCUT2D eigenvalue weighted by molar-refractivity contribution is 7.92. The van der Waals surface area contributed by atoms with Crippen molar-refractivity contribution in [2.24, 2.45) is 0 Å². The quantitative estimate of drug-likeness (QED) is 0.862. The zero-order valence-electron chi connectivity index (χ0n) is 10.2. The smallest absolute Gasteiger partial charge is 0.160 e. The molecular formula is C13H14ClFO3S. The van der Waals surface area contributed by atoms with Crippen molar-refractivity contribution in [2.45, 2.75) is 30.9 Å². The average Bonchev–Trinajstić information content (AvgIpc) is 2.33. The molecule has 0 bridgehead atoms. The molecule has 6 heteroatoms. The largest absolute Gasteiger partial charge is 0.298 e. The molecule has 1 atom stereocenters. The molecular weight excluding hydrogens is 291 g/mol. The maximum absolute atomic E-state index is 13.3. The lowest BCUT2D eigenvalue weighted by Gasteiger charge is -2.21. The van der Waals surface area contributed by atoms with Crippen LogP contribution in [0.25, 0.3) is 0 Å². The second-order valence-corrected chi connectivity index (χ2v) is 7.45. The van der Waals surface area contributed by atoms with Gasteiger partial charge in [0.05, 0.1) is 10.8 Å². The fourth-order valence-electron chi connectivity index (χ4n) is 2.28. The van der Waals surface area contributed by atoms with Crippen LogP contribution < -0.4 is 0 Å². The monoisotopic (exact) mass is 304 g/mol. The maximum atomic E-state index is 13.3. The molecule has 1 aromatic carbocycles. The second kappa shape index (κ2) is 5.59. The molecule has 104 valence electrons. The van der Waals surface area contributed by atoms with E-state index in [1.807, 2.05) is 0 Å². The molecule has 1 saturated heterocycles. The number of ketones is 1. The number of hydrogen-bond donors (Lipinski definition) is 0. The van der Waals surface area contributed by atoms with Gasteiger partial charge in [0.15, 0.2) is 15.6 Å². The Labute approximate surface area is 116 Å². The summed E-state index contributed by atoms with van der Waals surface area (Å²) in [5.74, 6) is -0.891. The predicted molar refractivity (Wildman–Crippen MR) is 71.5 cm³/mol. The topological polar surface area (TPSA) is 51.2 Å². The van der Waals surface area contributed by atoms with Gasteiger partial charge in [-0.05, 0) is 30.5 Å².